The number of hydrogen-bond acceptors (Lipinski definition) is 4. The Morgan fingerprint density at radius 1 is 1.37 bits per heavy atom. The molecule has 0 atom stereocenters. The fraction of sp³-hybridized carbons (Fsp3) is 0.538. The summed E-state index contributed by atoms with van der Waals surface area (Å²) in [5.74, 6) is 0.533. The zero-order valence-corrected chi connectivity index (χ0v) is 12.6. The molecule has 1 amide bonds. The van der Waals surface area contributed by atoms with Gasteiger partial charge in [-0.15, -0.1) is 0 Å². The van der Waals surface area contributed by atoms with Crippen LogP contribution in [0, 0.1) is 0 Å². The minimum atomic E-state index is 0.0100. The van der Waals surface area contributed by atoms with Gasteiger partial charge in [0.25, 0.3) is 0 Å². The maximum atomic E-state index is 11.6. The summed E-state index contributed by atoms with van der Waals surface area (Å²) in [5, 5.41) is 3.72. The maximum absolute atomic E-state index is 11.6. The quantitative estimate of drug-likeness (QED) is 0.558. The van der Waals surface area contributed by atoms with Gasteiger partial charge >= 0.3 is 0 Å². The van der Waals surface area contributed by atoms with E-state index in [-0.39, 0.29) is 5.91 Å². The van der Waals surface area contributed by atoms with Gasteiger partial charge in [0.2, 0.25) is 11.8 Å². The molecule has 0 aliphatic rings. The highest BCUT2D eigenvalue weighted by Gasteiger charge is 2.03. The van der Waals surface area contributed by atoms with Crippen LogP contribution in [0.5, 0.6) is 5.88 Å². The molecule has 1 aromatic heterocycles. The Morgan fingerprint density at radius 3 is 2.84 bits per heavy atom. The van der Waals surface area contributed by atoms with E-state index in [2.05, 4.69) is 26.2 Å². The second-order valence-corrected chi connectivity index (χ2v) is 4.71. The third-order valence-electron chi connectivity index (χ3n) is 2.34. The van der Waals surface area contributed by atoms with Crippen LogP contribution in [0.15, 0.2) is 18.3 Å². The van der Waals surface area contributed by atoms with E-state index in [0.717, 1.165) is 18.2 Å². The van der Waals surface area contributed by atoms with Gasteiger partial charge in [0.1, 0.15) is 6.61 Å². The standard InChI is InChI=1S/C13H19BrN2O3/c1-18-8-9-19-13-6-5-11(10-15-13)16-12(17)4-2-3-7-14/h5-6,10H,2-4,7-9H2,1H3,(H,16,17). The van der Waals surface area contributed by atoms with E-state index < -0.39 is 0 Å². The predicted molar refractivity (Wildman–Crippen MR) is 77.9 cm³/mol. The number of rotatable bonds is 9. The van der Waals surface area contributed by atoms with Gasteiger partial charge in [-0.1, -0.05) is 15.9 Å². The Bertz CT molecular complexity index is 371. The molecule has 0 aliphatic carbocycles. The number of amides is 1. The number of hydrogen-bond donors (Lipinski definition) is 1. The lowest BCUT2D eigenvalue weighted by molar-refractivity contribution is -0.116. The molecule has 6 heteroatoms. The van der Waals surface area contributed by atoms with Crippen molar-refractivity contribution in [2.45, 2.75) is 19.3 Å². The number of ether oxygens (including phenoxy) is 2. The number of methoxy groups -OCH3 is 1. The van der Waals surface area contributed by atoms with E-state index in [1.54, 1.807) is 25.4 Å². The third-order valence-corrected chi connectivity index (χ3v) is 2.91. The number of nitrogens with one attached hydrogen (secondary N) is 1. The zero-order valence-electron chi connectivity index (χ0n) is 11.0. The van der Waals surface area contributed by atoms with Gasteiger partial charge in [-0.3, -0.25) is 4.79 Å². The number of nitrogens with zero attached hydrogens (tertiary/aromatic N) is 1. The molecular weight excluding hydrogens is 312 g/mol. The first-order valence-electron chi connectivity index (χ1n) is 6.20. The molecule has 0 aliphatic heterocycles. The van der Waals surface area contributed by atoms with Crippen LogP contribution in [0.25, 0.3) is 0 Å². The summed E-state index contributed by atoms with van der Waals surface area (Å²) in [6.45, 7) is 0.982. The van der Waals surface area contributed by atoms with E-state index in [0.29, 0.717) is 31.2 Å². The van der Waals surface area contributed by atoms with Gasteiger partial charge in [-0.05, 0) is 18.9 Å². The topological polar surface area (TPSA) is 60.5 Å². The first kappa shape index (κ1) is 15.9. The van der Waals surface area contributed by atoms with Gasteiger partial charge < -0.3 is 14.8 Å². The van der Waals surface area contributed by atoms with Crippen molar-refractivity contribution < 1.29 is 14.3 Å². The van der Waals surface area contributed by atoms with Crippen molar-refractivity contribution in [3.05, 3.63) is 18.3 Å². The third kappa shape index (κ3) is 7.12. The minimum absolute atomic E-state index is 0.0100. The van der Waals surface area contributed by atoms with Gasteiger partial charge in [-0.25, -0.2) is 4.98 Å². The highest BCUT2D eigenvalue weighted by molar-refractivity contribution is 9.09. The van der Waals surface area contributed by atoms with E-state index in [9.17, 15) is 4.79 Å². The molecule has 1 N–H and O–H groups in total. The lowest BCUT2D eigenvalue weighted by atomic mass is 10.2. The Balaban J connectivity index is 2.32. The summed E-state index contributed by atoms with van der Waals surface area (Å²) in [7, 11) is 1.62. The molecule has 1 heterocycles. The minimum Gasteiger partial charge on any atom is -0.475 e. The van der Waals surface area contributed by atoms with Crippen LogP contribution in [-0.4, -0.2) is 36.5 Å². The van der Waals surface area contributed by atoms with Crippen LogP contribution >= 0.6 is 15.9 Å². The normalized spacial score (nSPS) is 10.2. The number of carbonyl (C=O) groups excluding carboxylic acids is 1. The second-order valence-electron chi connectivity index (χ2n) is 3.92. The summed E-state index contributed by atoms with van der Waals surface area (Å²) in [6, 6.07) is 3.50. The average molecular weight is 331 g/mol. The van der Waals surface area contributed by atoms with Crippen LogP contribution in [0.2, 0.25) is 0 Å². The number of carbonyl (C=O) groups is 1. The van der Waals surface area contributed by atoms with Crippen molar-refractivity contribution in [1.29, 1.82) is 0 Å². The molecule has 1 aromatic rings. The maximum Gasteiger partial charge on any atom is 0.224 e. The van der Waals surface area contributed by atoms with Crippen LogP contribution in [0.3, 0.4) is 0 Å². The molecule has 0 fully saturated rings. The largest absolute Gasteiger partial charge is 0.475 e. The van der Waals surface area contributed by atoms with Crippen molar-refractivity contribution in [3.63, 3.8) is 0 Å². The molecule has 0 unspecified atom stereocenters. The van der Waals surface area contributed by atoms with Gasteiger partial charge in [0.05, 0.1) is 18.5 Å². The van der Waals surface area contributed by atoms with E-state index in [4.69, 9.17) is 9.47 Å². The summed E-state index contributed by atoms with van der Waals surface area (Å²) in [5.41, 5.74) is 0.683. The van der Waals surface area contributed by atoms with Crippen LogP contribution in [0.4, 0.5) is 5.69 Å². The van der Waals surface area contributed by atoms with E-state index >= 15 is 0 Å². The number of anilines is 1. The van der Waals surface area contributed by atoms with Crippen molar-refractivity contribution in [2.24, 2.45) is 0 Å². The number of alkyl halides is 1. The fourth-order valence-corrected chi connectivity index (χ4v) is 1.77. The molecule has 0 bridgehead atoms. The Kier molecular flexibility index (Phi) is 8.16. The van der Waals surface area contributed by atoms with Crippen molar-refractivity contribution in [1.82, 2.24) is 4.98 Å². The van der Waals surface area contributed by atoms with Gasteiger partial charge in [-0.2, -0.15) is 0 Å². The SMILES string of the molecule is COCCOc1ccc(NC(=O)CCCCBr)cn1. The smallest absolute Gasteiger partial charge is 0.224 e. The fourth-order valence-electron chi connectivity index (χ4n) is 1.37. The van der Waals surface area contributed by atoms with Gasteiger partial charge in [0, 0.05) is 24.9 Å². The summed E-state index contributed by atoms with van der Waals surface area (Å²) in [6.07, 6.45) is 3.99. The highest BCUT2D eigenvalue weighted by atomic mass is 79.9. The molecular formula is C13H19BrN2O3. The molecule has 106 valence electrons. The van der Waals surface area contributed by atoms with Crippen molar-refractivity contribution in [3.8, 4) is 5.88 Å². The molecule has 0 radical (unpaired) electrons. The van der Waals surface area contributed by atoms with Crippen LogP contribution in [0.1, 0.15) is 19.3 Å². The Hall–Kier alpha value is -1.14. The van der Waals surface area contributed by atoms with Crippen molar-refractivity contribution in [2.75, 3.05) is 31.0 Å². The molecule has 0 saturated carbocycles. The first-order chi connectivity index (χ1) is 9.26. The molecule has 0 saturated heterocycles. The number of halogens is 1. The first-order valence-corrected chi connectivity index (χ1v) is 7.32. The summed E-state index contributed by atoms with van der Waals surface area (Å²) >= 11 is 3.34. The monoisotopic (exact) mass is 330 g/mol. The summed E-state index contributed by atoms with van der Waals surface area (Å²) in [4.78, 5) is 15.7. The van der Waals surface area contributed by atoms with Gasteiger partial charge in [0.15, 0.2) is 0 Å². The second kappa shape index (κ2) is 9.75. The number of aromatic nitrogens is 1. The molecule has 0 spiro atoms. The Morgan fingerprint density at radius 2 is 2.21 bits per heavy atom. The highest BCUT2D eigenvalue weighted by Crippen LogP contribution is 2.12. The van der Waals surface area contributed by atoms with E-state index in [1.807, 2.05) is 0 Å². The van der Waals surface area contributed by atoms with Crippen molar-refractivity contribution >= 4 is 27.5 Å². The number of unbranched alkanes of at least 4 members (excludes halogenated alkanes) is 1. The molecule has 5 nitrogen and oxygen atoms in total. The molecule has 1 rings (SSSR count). The van der Waals surface area contributed by atoms with E-state index in [1.165, 1.54) is 0 Å². The summed E-state index contributed by atoms with van der Waals surface area (Å²) < 4.78 is 10.2. The lowest BCUT2D eigenvalue weighted by Crippen LogP contribution is -2.11. The molecule has 0 aromatic carbocycles. The Labute approximate surface area is 121 Å². The van der Waals surface area contributed by atoms with Crippen LogP contribution < -0.4 is 10.1 Å². The molecule has 19 heavy (non-hydrogen) atoms. The van der Waals surface area contributed by atoms with Crippen LogP contribution in [-0.2, 0) is 9.53 Å². The average Bonchev–Trinajstić information content (AvgIpc) is 2.41. The predicted octanol–water partition coefficient (Wildman–Crippen LogP) is 2.61. The zero-order chi connectivity index (χ0) is 13.9. The lowest BCUT2D eigenvalue weighted by Gasteiger charge is -2.07. The number of pyridine rings is 1.